The van der Waals surface area contributed by atoms with E-state index in [4.69, 9.17) is 9.47 Å². The average Bonchev–Trinajstić information content (AvgIpc) is 3.54. The summed E-state index contributed by atoms with van der Waals surface area (Å²) in [6.45, 7) is 3.58. The van der Waals surface area contributed by atoms with E-state index in [-0.39, 0.29) is 24.1 Å². The molecular formula is C25H32N4O5S. The molecule has 3 aliphatic rings. The summed E-state index contributed by atoms with van der Waals surface area (Å²) in [6, 6.07) is 7.12. The van der Waals surface area contributed by atoms with Gasteiger partial charge in [-0.25, -0.2) is 23.2 Å². The Labute approximate surface area is 206 Å². The first kappa shape index (κ1) is 23.8. The van der Waals surface area contributed by atoms with Gasteiger partial charge in [0.15, 0.2) is 9.84 Å². The second-order valence-electron chi connectivity index (χ2n) is 9.40. The number of piperidine rings is 1. The van der Waals surface area contributed by atoms with Gasteiger partial charge in [0.2, 0.25) is 5.88 Å². The Morgan fingerprint density at radius 1 is 1.03 bits per heavy atom. The summed E-state index contributed by atoms with van der Waals surface area (Å²) < 4.78 is 36.3. The van der Waals surface area contributed by atoms with Crippen molar-refractivity contribution >= 4 is 27.4 Å². The van der Waals surface area contributed by atoms with Gasteiger partial charge in [0.25, 0.3) is 0 Å². The van der Waals surface area contributed by atoms with Crippen LogP contribution in [0.5, 0.6) is 5.88 Å². The Morgan fingerprint density at radius 2 is 1.80 bits per heavy atom. The van der Waals surface area contributed by atoms with E-state index in [0.29, 0.717) is 30.4 Å². The highest BCUT2D eigenvalue weighted by atomic mass is 32.2. The molecule has 5 rings (SSSR count). The molecule has 1 aromatic carbocycles. The summed E-state index contributed by atoms with van der Waals surface area (Å²) in [7, 11) is -3.24. The normalized spacial score (nSPS) is 19.1. The van der Waals surface area contributed by atoms with Gasteiger partial charge in [-0.05, 0) is 55.9 Å². The minimum atomic E-state index is -3.24. The SMILES string of the molecule is CCS(=O)(=O)c1ccc2c(c1)CCN2c1cc(OC2CCN(C(=O)OC3CCCC3)CC2)ncn1. The van der Waals surface area contributed by atoms with Gasteiger partial charge in [-0.3, -0.25) is 0 Å². The molecule has 0 spiro atoms. The van der Waals surface area contributed by atoms with Crippen molar-refractivity contribution in [2.45, 2.75) is 69.0 Å². The number of ether oxygens (including phenoxy) is 2. The fourth-order valence-electron chi connectivity index (χ4n) is 5.07. The van der Waals surface area contributed by atoms with Crippen LogP contribution in [0, 0.1) is 0 Å². The number of anilines is 2. The lowest BCUT2D eigenvalue weighted by Crippen LogP contribution is -2.43. The van der Waals surface area contributed by atoms with Crippen molar-refractivity contribution in [3.63, 3.8) is 0 Å². The third kappa shape index (κ3) is 5.22. The summed E-state index contributed by atoms with van der Waals surface area (Å²) in [4.78, 5) is 25.3. The van der Waals surface area contributed by atoms with Gasteiger partial charge in [0.05, 0.1) is 10.6 Å². The van der Waals surface area contributed by atoms with Gasteiger partial charge in [-0.15, -0.1) is 0 Å². The van der Waals surface area contributed by atoms with Crippen LogP contribution in [0.4, 0.5) is 16.3 Å². The highest BCUT2D eigenvalue weighted by Crippen LogP contribution is 2.36. The topological polar surface area (TPSA) is 102 Å². The number of hydrogen-bond acceptors (Lipinski definition) is 8. The van der Waals surface area contributed by atoms with E-state index >= 15 is 0 Å². The van der Waals surface area contributed by atoms with E-state index in [9.17, 15) is 13.2 Å². The van der Waals surface area contributed by atoms with Crippen LogP contribution in [0.1, 0.15) is 51.0 Å². The number of rotatable bonds is 6. The Kier molecular flexibility index (Phi) is 6.82. The van der Waals surface area contributed by atoms with E-state index in [1.54, 1.807) is 24.0 Å². The Hall–Kier alpha value is -2.88. The van der Waals surface area contributed by atoms with Gasteiger partial charge in [-0.1, -0.05) is 6.92 Å². The van der Waals surface area contributed by atoms with E-state index in [0.717, 1.165) is 62.0 Å². The van der Waals surface area contributed by atoms with Crippen molar-refractivity contribution in [2.24, 2.45) is 0 Å². The van der Waals surface area contributed by atoms with Crippen LogP contribution >= 0.6 is 0 Å². The molecule has 2 aromatic rings. The number of fused-ring (bicyclic) bond motifs is 1. The van der Waals surface area contributed by atoms with Crippen LogP contribution in [-0.4, -0.2) is 67.0 Å². The molecule has 0 bridgehead atoms. The number of aromatic nitrogens is 2. The fraction of sp³-hybridized carbons (Fsp3) is 0.560. The number of amides is 1. The predicted octanol–water partition coefficient (Wildman–Crippen LogP) is 3.89. The maximum absolute atomic E-state index is 12.4. The van der Waals surface area contributed by atoms with E-state index < -0.39 is 9.84 Å². The summed E-state index contributed by atoms with van der Waals surface area (Å²) >= 11 is 0. The number of benzene rings is 1. The molecular weight excluding hydrogens is 468 g/mol. The smallest absolute Gasteiger partial charge is 0.410 e. The lowest BCUT2D eigenvalue weighted by atomic mass is 10.1. The van der Waals surface area contributed by atoms with Crippen molar-refractivity contribution in [3.05, 3.63) is 36.2 Å². The molecule has 0 atom stereocenters. The second-order valence-corrected chi connectivity index (χ2v) is 11.7. The molecule has 9 nitrogen and oxygen atoms in total. The van der Waals surface area contributed by atoms with Crippen LogP contribution in [0.3, 0.4) is 0 Å². The van der Waals surface area contributed by atoms with Gasteiger partial charge in [0, 0.05) is 44.2 Å². The van der Waals surface area contributed by atoms with Crippen LogP contribution in [0.25, 0.3) is 0 Å². The lowest BCUT2D eigenvalue weighted by Gasteiger charge is -2.32. The maximum atomic E-state index is 12.4. The third-order valence-corrected chi connectivity index (χ3v) is 8.88. The van der Waals surface area contributed by atoms with E-state index in [2.05, 4.69) is 14.9 Å². The fourth-order valence-corrected chi connectivity index (χ4v) is 6.00. The summed E-state index contributed by atoms with van der Waals surface area (Å²) in [5, 5.41) is 0. The predicted molar refractivity (Wildman–Crippen MR) is 131 cm³/mol. The standard InChI is InChI=1S/C25H32N4O5S/c1-2-35(31,32)21-7-8-22-18(15-21)9-14-29(22)23-16-24(27-17-26-23)33-20-10-12-28(13-11-20)25(30)34-19-5-3-4-6-19/h7-8,15-17,19-20H,2-6,9-14H2,1H3. The zero-order valence-electron chi connectivity index (χ0n) is 20.1. The maximum Gasteiger partial charge on any atom is 0.410 e. The molecule has 2 aliphatic heterocycles. The number of likely N-dealkylation sites (tertiary alicyclic amines) is 1. The number of carbonyl (C=O) groups excluding carboxylic acids is 1. The molecule has 1 aliphatic carbocycles. The molecule has 0 radical (unpaired) electrons. The first-order chi connectivity index (χ1) is 16.9. The molecule has 1 amide bonds. The molecule has 35 heavy (non-hydrogen) atoms. The Morgan fingerprint density at radius 3 is 2.54 bits per heavy atom. The second kappa shape index (κ2) is 10.0. The molecule has 3 heterocycles. The first-order valence-electron chi connectivity index (χ1n) is 12.5. The number of sulfone groups is 1. The quantitative estimate of drug-likeness (QED) is 0.589. The zero-order chi connectivity index (χ0) is 24.4. The third-order valence-electron chi connectivity index (χ3n) is 7.15. The summed E-state index contributed by atoms with van der Waals surface area (Å²) in [6.07, 6.45) is 7.76. The van der Waals surface area contributed by atoms with Crippen molar-refractivity contribution in [3.8, 4) is 5.88 Å². The van der Waals surface area contributed by atoms with Crippen molar-refractivity contribution in [1.82, 2.24) is 14.9 Å². The molecule has 1 saturated heterocycles. The molecule has 0 unspecified atom stereocenters. The highest BCUT2D eigenvalue weighted by molar-refractivity contribution is 7.91. The first-order valence-corrected chi connectivity index (χ1v) is 14.2. The van der Waals surface area contributed by atoms with Gasteiger partial charge < -0.3 is 19.3 Å². The van der Waals surface area contributed by atoms with Crippen molar-refractivity contribution in [2.75, 3.05) is 30.3 Å². The highest BCUT2D eigenvalue weighted by Gasteiger charge is 2.29. The Balaban J connectivity index is 1.20. The largest absolute Gasteiger partial charge is 0.474 e. The van der Waals surface area contributed by atoms with E-state index in [1.165, 1.54) is 6.33 Å². The van der Waals surface area contributed by atoms with Crippen LogP contribution in [-0.2, 0) is 21.0 Å². The van der Waals surface area contributed by atoms with Gasteiger partial charge in [-0.2, -0.15) is 0 Å². The van der Waals surface area contributed by atoms with Crippen molar-refractivity contribution in [1.29, 1.82) is 0 Å². The lowest BCUT2D eigenvalue weighted by molar-refractivity contribution is 0.0431. The summed E-state index contributed by atoms with van der Waals surface area (Å²) in [5.41, 5.74) is 1.95. The van der Waals surface area contributed by atoms with Crippen LogP contribution in [0.15, 0.2) is 35.5 Å². The number of hydrogen-bond donors (Lipinski definition) is 0. The zero-order valence-corrected chi connectivity index (χ0v) is 20.9. The van der Waals surface area contributed by atoms with Gasteiger partial charge in [0.1, 0.15) is 24.4 Å². The molecule has 1 saturated carbocycles. The van der Waals surface area contributed by atoms with E-state index in [1.807, 2.05) is 12.1 Å². The average molecular weight is 501 g/mol. The Bertz CT molecular complexity index is 1170. The molecule has 1 aromatic heterocycles. The van der Waals surface area contributed by atoms with Gasteiger partial charge >= 0.3 is 6.09 Å². The molecule has 0 N–H and O–H groups in total. The van der Waals surface area contributed by atoms with Crippen molar-refractivity contribution < 1.29 is 22.7 Å². The van der Waals surface area contributed by atoms with Crippen LogP contribution < -0.4 is 9.64 Å². The minimum absolute atomic E-state index is 0.0269. The minimum Gasteiger partial charge on any atom is -0.474 e. The molecule has 10 heteroatoms. The number of carbonyl (C=O) groups is 1. The number of nitrogens with zero attached hydrogens (tertiary/aromatic N) is 4. The monoisotopic (exact) mass is 500 g/mol. The van der Waals surface area contributed by atoms with Crippen LogP contribution in [0.2, 0.25) is 0 Å². The molecule has 2 fully saturated rings. The summed E-state index contributed by atoms with van der Waals surface area (Å²) in [5.74, 6) is 1.31. The molecule has 188 valence electrons.